The van der Waals surface area contributed by atoms with Crippen LogP contribution in [0, 0.1) is 0 Å². The quantitative estimate of drug-likeness (QED) is 0.631. The van der Waals surface area contributed by atoms with Crippen LogP contribution in [0.15, 0.2) is 0 Å². The first-order valence-electron chi connectivity index (χ1n) is 5.33. The molecule has 0 aromatic heterocycles. The van der Waals surface area contributed by atoms with Crippen LogP contribution < -0.4 is 5.32 Å². The first-order chi connectivity index (χ1) is 6.33. The predicted octanol–water partition coefficient (Wildman–Crippen LogP) is 0.667. The van der Waals surface area contributed by atoms with Crippen molar-refractivity contribution in [3.63, 3.8) is 0 Å². The number of likely N-dealkylation sites (N-methyl/N-ethyl adjacent to an activating group) is 1. The normalized spacial score (nSPS) is 45.7. The Bertz CT molecular complexity index is 174. The van der Waals surface area contributed by atoms with Crippen LogP contribution in [0.3, 0.4) is 0 Å². The molecule has 2 bridgehead atoms. The van der Waals surface area contributed by atoms with Crippen LogP contribution in [0.4, 0.5) is 0 Å². The molecule has 2 aliphatic heterocycles. The Morgan fingerprint density at radius 1 is 1.15 bits per heavy atom. The summed E-state index contributed by atoms with van der Waals surface area (Å²) in [5.41, 5.74) is 0. The fourth-order valence-electron chi connectivity index (χ4n) is 2.55. The van der Waals surface area contributed by atoms with Crippen molar-refractivity contribution in [1.29, 1.82) is 0 Å². The van der Waals surface area contributed by atoms with Crippen LogP contribution in [0.1, 0.15) is 32.1 Å². The van der Waals surface area contributed by atoms with Gasteiger partial charge in [-0.3, -0.25) is 0 Å². The van der Waals surface area contributed by atoms with Gasteiger partial charge in [-0.15, -0.1) is 0 Å². The van der Waals surface area contributed by atoms with Gasteiger partial charge in [0.15, 0.2) is 0 Å². The largest absolute Gasteiger partial charge is 0.389 e. The Morgan fingerprint density at radius 2 is 1.85 bits per heavy atom. The summed E-state index contributed by atoms with van der Waals surface area (Å²) in [6.07, 6.45) is 5.88. The molecule has 0 aliphatic carbocycles. The lowest BCUT2D eigenvalue weighted by Gasteiger charge is -2.19. The van der Waals surface area contributed by atoms with Crippen molar-refractivity contribution in [2.45, 2.75) is 56.5 Å². The summed E-state index contributed by atoms with van der Waals surface area (Å²) < 4.78 is 5.81. The Hall–Kier alpha value is -0.120. The maximum absolute atomic E-state index is 9.92. The Balaban J connectivity index is 2.06. The molecule has 2 rings (SSSR count). The number of rotatable bonds is 1. The second-order valence-corrected chi connectivity index (χ2v) is 4.16. The minimum absolute atomic E-state index is 0.0859. The van der Waals surface area contributed by atoms with Crippen molar-refractivity contribution in [3.05, 3.63) is 0 Å². The molecule has 2 N–H and O–H groups in total. The number of ether oxygens (including phenoxy) is 1. The molecule has 0 spiro atoms. The fraction of sp³-hybridized carbons (Fsp3) is 1.00. The lowest BCUT2D eigenvalue weighted by molar-refractivity contribution is -0.00518. The number of hydrogen-bond donors (Lipinski definition) is 2. The van der Waals surface area contributed by atoms with Crippen molar-refractivity contribution in [3.8, 4) is 0 Å². The molecule has 13 heavy (non-hydrogen) atoms. The SMILES string of the molecule is CNC1C2CCCCCC(O2)C1O. The van der Waals surface area contributed by atoms with E-state index < -0.39 is 0 Å². The number of hydrogen-bond acceptors (Lipinski definition) is 3. The summed E-state index contributed by atoms with van der Waals surface area (Å²) in [4.78, 5) is 0. The van der Waals surface area contributed by atoms with E-state index in [9.17, 15) is 5.11 Å². The maximum Gasteiger partial charge on any atom is 0.0979 e. The van der Waals surface area contributed by atoms with Crippen LogP contribution in [-0.4, -0.2) is 36.5 Å². The summed E-state index contributed by atoms with van der Waals surface area (Å²) in [5.74, 6) is 0. The fourth-order valence-corrected chi connectivity index (χ4v) is 2.55. The van der Waals surface area contributed by atoms with Crippen molar-refractivity contribution >= 4 is 0 Å². The third-order valence-corrected chi connectivity index (χ3v) is 3.31. The van der Waals surface area contributed by atoms with Crippen molar-refractivity contribution in [1.82, 2.24) is 5.32 Å². The van der Waals surface area contributed by atoms with Gasteiger partial charge in [0.1, 0.15) is 0 Å². The van der Waals surface area contributed by atoms with Crippen LogP contribution >= 0.6 is 0 Å². The van der Waals surface area contributed by atoms with Crippen LogP contribution in [0.2, 0.25) is 0 Å². The minimum Gasteiger partial charge on any atom is -0.389 e. The van der Waals surface area contributed by atoms with E-state index in [1.807, 2.05) is 7.05 Å². The zero-order valence-electron chi connectivity index (χ0n) is 8.20. The molecule has 2 heterocycles. The van der Waals surface area contributed by atoms with Gasteiger partial charge in [0, 0.05) is 0 Å². The Kier molecular flexibility index (Phi) is 2.86. The third kappa shape index (κ3) is 1.73. The van der Waals surface area contributed by atoms with Gasteiger partial charge in [-0.2, -0.15) is 0 Å². The minimum atomic E-state index is -0.298. The van der Waals surface area contributed by atoms with Gasteiger partial charge < -0.3 is 15.2 Å². The number of fused-ring (bicyclic) bond motifs is 2. The van der Waals surface area contributed by atoms with E-state index in [4.69, 9.17) is 4.74 Å². The second-order valence-electron chi connectivity index (χ2n) is 4.16. The molecule has 4 unspecified atom stereocenters. The molecule has 2 aliphatic rings. The van der Waals surface area contributed by atoms with Crippen LogP contribution in [0.5, 0.6) is 0 Å². The van der Waals surface area contributed by atoms with Gasteiger partial charge >= 0.3 is 0 Å². The van der Waals surface area contributed by atoms with E-state index in [1.165, 1.54) is 19.3 Å². The third-order valence-electron chi connectivity index (χ3n) is 3.31. The molecule has 0 saturated carbocycles. The van der Waals surface area contributed by atoms with Gasteiger partial charge in [-0.1, -0.05) is 19.3 Å². The zero-order valence-corrected chi connectivity index (χ0v) is 8.20. The van der Waals surface area contributed by atoms with E-state index in [0.29, 0.717) is 0 Å². The molecule has 3 heteroatoms. The molecule has 0 aromatic rings. The van der Waals surface area contributed by atoms with Gasteiger partial charge in [0.2, 0.25) is 0 Å². The Labute approximate surface area is 79.5 Å². The second kappa shape index (κ2) is 3.95. The molecular weight excluding hydrogens is 166 g/mol. The molecule has 4 atom stereocenters. The van der Waals surface area contributed by atoms with Gasteiger partial charge in [0.25, 0.3) is 0 Å². The van der Waals surface area contributed by atoms with Crippen molar-refractivity contribution < 1.29 is 9.84 Å². The highest BCUT2D eigenvalue weighted by Crippen LogP contribution is 2.30. The van der Waals surface area contributed by atoms with E-state index in [-0.39, 0.29) is 24.4 Å². The lowest BCUT2D eigenvalue weighted by atomic mass is 10.0. The monoisotopic (exact) mass is 185 g/mol. The lowest BCUT2D eigenvalue weighted by Crippen LogP contribution is -2.42. The van der Waals surface area contributed by atoms with Crippen molar-refractivity contribution in [2.24, 2.45) is 0 Å². The molecule has 76 valence electrons. The first-order valence-corrected chi connectivity index (χ1v) is 5.33. The highest BCUT2D eigenvalue weighted by Gasteiger charge is 2.42. The first kappa shape index (κ1) is 9.44. The smallest absolute Gasteiger partial charge is 0.0979 e. The summed E-state index contributed by atoms with van der Waals surface area (Å²) in [6, 6.07) is 0.156. The predicted molar refractivity (Wildman–Crippen MR) is 50.6 cm³/mol. The van der Waals surface area contributed by atoms with E-state index >= 15 is 0 Å². The average Bonchev–Trinajstić information content (AvgIpc) is 2.39. The average molecular weight is 185 g/mol. The zero-order chi connectivity index (χ0) is 9.26. The number of aliphatic hydroxyl groups is 1. The van der Waals surface area contributed by atoms with Gasteiger partial charge in [0.05, 0.1) is 24.4 Å². The molecule has 2 fully saturated rings. The molecule has 0 aromatic carbocycles. The van der Waals surface area contributed by atoms with Gasteiger partial charge in [-0.25, -0.2) is 0 Å². The molecule has 0 amide bonds. The van der Waals surface area contributed by atoms with Crippen LogP contribution in [0.25, 0.3) is 0 Å². The molecule has 2 saturated heterocycles. The van der Waals surface area contributed by atoms with Gasteiger partial charge in [-0.05, 0) is 19.9 Å². The van der Waals surface area contributed by atoms with Crippen LogP contribution in [-0.2, 0) is 4.74 Å². The molecular formula is C10H19NO2. The number of nitrogens with one attached hydrogen (secondary N) is 1. The summed E-state index contributed by atoms with van der Waals surface area (Å²) in [7, 11) is 1.91. The number of aliphatic hydroxyl groups excluding tert-OH is 1. The maximum atomic E-state index is 9.92. The highest BCUT2D eigenvalue weighted by atomic mass is 16.5. The van der Waals surface area contributed by atoms with E-state index in [1.54, 1.807) is 0 Å². The molecule has 3 nitrogen and oxygen atoms in total. The summed E-state index contributed by atoms with van der Waals surface area (Å²) in [5, 5.41) is 13.1. The Morgan fingerprint density at radius 3 is 2.54 bits per heavy atom. The summed E-state index contributed by atoms with van der Waals surface area (Å²) >= 11 is 0. The molecule has 0 radical (unpaired) electrons. The van der Waals surface area contributed by atoms with Crippen molar-refractivity contribution in [2.75, 3.05) is 7.05 Å². The van der Waals surface area contributed by atoms with E-state index in [0.717, 1.165) is 12.8 Å². The standard InChI is InChI=1S/C10H19NO2/c1-11-9-7-5-3-2-4-6-8(13-7)10(9)12/h7-12H,2-6H2,1H3. The topological polar surface area (TPSA) is 41.5 Å². The highest BCUT2D eigenvalue weighted by molar-refractivity contribution is 4.95. The summed E-state index contributed by atoms with van der Waals surface area (Å²) in [6.45, 7) is 0. The van der Waals surface area contributed by atoms with E-state index in [2.05, 4.69) is 5.32 Å².